The van der Waals surface area contributed by atoms with Crippen LogP contribution in [0.2, 0.25) is 0 Å². The molecule has 0 aliphatic heterocycles. The van der Waals surface area contributed by atoms with Gasteiger partial charge in [-0.15, -0.1) is 0 Å². The van der Waals surface area contributed by atoms with Gasteiger partial charge in [0.15, 0.2) is 0 Å². The van der Waals surface area contributed by atoms with Crippen molar-refractivity contribution in [1.29, 1.82) is 0 Å². The van der Waals surface area contributed by atoms with E-state index in [-0.39, 0.29) is 35.1 Å². The number of aliphatic hydroxyl groups is 3. The van der Waals surface area contributed by atoms with Gasteiger partial charge in [-0.2, -0.15) is 0 Å². The predicted octanol–water partition coefficient (Wildman–Crippen LogP) is 2.72. The Hall–Kier alpha value is -0.120. The molecule has 0 bridgehead atoms. The molecular weight excluding hydrogens is 276 g/mol. The fourth-order valence-corrected chi connectivity index (χ4v) is 7.21. The van der Waals surface area contributed by atoms with E-state index in [1.54, 1.807) is 0 Å². The van der Waals surface area contributed by atoms with Crippen molar-refractivity contribution in [1.82, 2.24) is 0 Å². The minimum atomic E-state index is -0.265. The molecule has 126 valence electrons. The number of rotatable bonds is 0. The van der Waals surface area contributed by atoms with Crippen LogP contribution in [0.4, 0.5) is 0 Å². The van der Waals surface area contributed by atoms with Crippen LogP contribution < -0.4 is 0 Å². The Labute approximate surface area is 134 Å². The van der Waals surface area contributed by atoms with Gasteiger partial charge in [-0.05, 0) is 85.9 Å². The average molecular weight is 308 g/mol. The topological polar surface area (TPSA) is 60.7 Å². The first-order valence-electron chi connectivity index (χ1n) is 9.40. The summed E-state index contributed by atoms with van der Waals surface area (Å²) in [4.78, 5) is 0. The fraction of sp³-hybridized carbons (Fsp3) is 1.00. The molecule has 0 heterocycles. The Morgan fingerprint density at radius 3 is 2.32 bits per heavy atom. The van der Waals surface area contributed by atoms with E-state index in [0.717, 1.165) is 38.5 Å². The van der Waals surface area contributed by atoms with Crippen molar-refractivity contribution < 1.29 is 15.3 Å². The van der Waals surface area contributed by atoms with Crippen molar-refractivity contribution in [2.75, 3.05) is 0 Å². The highest BCUT2D eigenvalue weighted by atomic mass is 16.3. The maximum absolute atomic E-state index is 10.9. The smallest absolute Gasteiger partial charge is 0.0600 e. The highest BCUT2D eigenvalue weighted by Gasteiger charge is 2.62. The lowest BCUT2D eigenvalue weighted by atomic mass is 9.44. The summed E-state index contributed by atoms with van der Waals surface area (Å²) in [5.74, 6) is 1.99. The van der Waals surface area contributed by atoms with Gasteiger partial charge in [-0.25, -0.2) is 0 Å². The molecule has 3 N–H and O–H groups in total. The van der Waals surface area contributed by atoms with Gasteiger partial charge in [0.05, 0.1) is 18.3 Å². The van der Waals surface area contributed by atoms with Gasteiger partial charge in [-0.1, -0.05) is 13.8 Å². The molecule has 4 aliphatic rings. The normalized spacial score (nSPS) is 61.2. The zero-order valence-corrected chi connectivity index (χ0v) is 14.0. The van der Waals surface area contributed by atoms with Gasteiger partial charge in [0, 0.05) is 0 Å². The third-order valence-electron chi connectivity index (χ3n) is 8.57. The molecule has 22 heavy (non-hydrogen) atoms. The number of fused-ring (bicyclic) bond motifs is 5. The van der Waals surface area contributed by atoms with E-state index in [2.05, 4.69) is 13.8 Å². The van der Waals surface area contributed by atoms with Gasteiger partial charge in [0.2, 0.25) is 0 Å². The number of aliphatic hydroxyl groups excluding tert-OH is 3. The first-order chi connectivity index (χ1) is 10.4. The van der Waals surface area contributed by atoms with Crippen LogP contribution >= 0.6 is 0 Å². The average Bonchev–Trinajstić information content (AvgIpc) is 2.79. The van der Waals surface area contributed by atoms with Crippen LogP contribution in [0.25, 0.3) is 0 Å². The Bertz CT molecular complexity index is 452. The summed E-state index contributed by atoms with van der Waals surface area (Å²) in [6, 6.07) is 0. The third kappa shape index (κ3) is 1.91. The Kier molecular flexibility index (Phi) is 3.46. The summed E-state index contributed by atoms with van der Waals surface area (Å²) in [6.45, 7) is 4.63. The summed E-state index contributed by atoms with van der Waals surface area (Å²) in [5.41, 5.74) is 0.185. The van der Waals surface area contributed by atoms with Gasteiger partial charge < -0.3 is 15.3 Å². The number of hydrogen-bond donors (Lipinski definition) is 3. The van der Waals surface area contributed by atoms with E-state index in [1.807, 2.05) is 0 Å². The summed E-state index contributed by atoms with van der Waals surface area (Å²) in [6.07, 6.45) is 7.47. The molecule has 4 rings (SSSR count). The minimum Gasteiger partial charge on any atom is -0.393 e. The van der Waals surface area contributed by atoms with Crippen LogP contribution in [0.3, 0.4) is 0 Å². The molecule has 4 fully saturated rings. The third-order valence-corrected chi connectivity index (χ3v) is 8.57. The van der Waals surface area contributed by atoms with E-state index in [9.17, 15) is 15.3 Å². The van der Waals surface area contributed by atoms with Crippen molar-refractivity contribution in [2.45, 2.75) is 83.5 Å². The van der Waals surface area contributed by atoms with Crippen LogP contribution in [0, 0.1) is 34.5 Å². The molecule has 0 radical (unpaired) electrons. The molecule has 0 amide bonds. The molecule has 0 aromatic rings. The van der Waals surface area contributed by atoms with E-state index >= 15 is 0 Å². The molecule has 3 heteroatoms. The number of hydrogen-bond acceptors (Lipinski definition) is 3. The molecule has 4 aliphatic carbocycles. The van der Waals surface area contributed by atoms with Crippen LogP contribution in [0.5, 0.6) is 0 Å². The molecule has 0 saturated heterocycles. The molecule has 0 aromatic carbocycles. The van der Waals surface area contributed by atoms with Crippen molar-refractivity contribution in [3.05, 3.63) is 0 Å². The highest BCUT2D eigenvalue weighted by Crippen LogP contribution is 2.66. The van der Waals surface area contributed by atoms with Gasteiger partial charge in [0.1, 0.15) is 0 Å². The van der Waals surface area contributed by atoms with Gasteiger partial charge in [0.25, 0.3) is 0 Å². The summed E-state index contributed by atoms with van der Waals surface area (Å²) >= 11 is 0. The summed E-state index contributed by atoms with van der Waals surface area (Å²) in [5, 5.41) is 31.6. The second-order valence-corrected chi connectivity index (χ2v) is 9.37. The SMILES string of the molecule is C[C@]12CC[C@H](O)[C@@H]1[C@@H]1CC[C@H]3C[C@H](O)CC[C@]3(C)[C@@H]1C[C@H]2O. The summed E-state index contributed by atoms with van der Waals surface area (Å²) < 4.78 is 0. The highest BCUT2D eigenvalue weighted by molar-refractivity contribution is 5.11. The molecule has 9 atom stereocenters. The van der Waals surface area contributed by atoms with E-state index in [0.29, 0.717) is 17.8 Å². The van der Waals surface area contributed by atoms with Gasteiger partial charge >= 0.3 is 0 Å². The summed E-state index contributed by atoms with van der Waals surface area (Å²) in [7, 11) is 0. The quantitative estimate of drug-likeness (QED) is 0.645. The first-order valence-corrected chi connectivity index (χ1v) is 9.40. The van der Waals surface area contributed by atoms with E-state index < -0.39 is 0 Å². The monoisotopic (exact) mass is 308 g/mol. The minimum absolute atomic E-state index is 0.0715. The van der Waals surface area contributed by atoms with E-state index in [1.165, 1.54) is 12.8 Å². The Morgan fingerprint density at radius 2 is 1.55 bits per heavy atom. The molecular formula is C19H32O3. The van der Waals surface area contributed by atoms with Crippen molar-refractivity contribution in [3.63, 3.8) is 0 Å². The van der Waals surface area contributed by atoms with Crippen LogP contribution in [0.15, 0.2) is 0 Å². The lowest BCUT2D eigenvalue weighted by Crippen LogP contribution is -2.58. The maximum Gasteiger partial charge on any atom is 0.0600 e. The lowest BCUT2D eigenvalue weighted by Gasteiger charge is -2.61. The maximum atomic E-state index is 10.9. The lowest BCUT2D eigenvalue weighted by molar-refractivity contribution is -0.174. The molecule has 0 aromatic heterocycles. The Balaban J connectivity index is 1.68. The zero-order chi connectivity index (χ0) is 15.7. The largest absolute Gasteiger partial charge is 0.393 e. The first kappa shape index (κ1) is 15.4. The molecule has 0 unspecified atom stereocenters. The molecule has 3 nitrogen and oxygen atoms in total. The fourth-order valence-electron chi connectivity index (χ4n) is 7.21. The van der Waals surface area contributed by atoms with Crippen LogP contribution in [0.1, 0.15) is 65.2 Å². The van der Waals surface area contributed by atoms with Crippen molar-refractivity contribution >= 4 is 0 Å². The van der Waals surface area contributed by atoms with Crippen molar-refractivity contribution in [2.24, 2.45) is 34.5 Å². The second-order valence-electron chi connectivity index (χ2n) is 9.37. The second kappa shape index (κ2) is 4.94. The van der Waals surface area contributed by atoms with Crippen LogP contribution in [-0.4, -0.2) is 33.6 Å². The van der Waals surface area contributed by atoms with Crippen molar-refractivity contribution in [3.8, 4) is 0 Å². The zero-order valence-electron chi connectivity index (χ0n) is 14.0. The molecule has 4 saturated carbocycles. The standard InChI is InChI=1S/C19H32O3/c1-18-7-5-12(20)9-11(18)3-4-13-14(18)10-16(22)19(2)8-6-15(21)17(13)19/h11-17,20-22H,3-10H2,1-2H3/t11-,12+,13+,14+,15-,16+,17-,18-,19+/m0/s1. The Morgan fingerprint density at radius 1 is 0.818 bits per heavy atom. The van der Waals surface area contributed by atoms with E-state index in [4.69, 9.17) is 0 Å². The molecule has 0 spiro atoms. The predicted molar refractivity (Wildman–Crippen MR) is 85.1 cm³/mol. The van der Waals surface area contributed by atoms with Crippen LogP contribution in [-0.2, 0) is 0 Å². The van der Waals surface area contributed by atoms with Gasteiger partial charge in [-0.3, -0.25) is 0 Å².